The summed E-state index contributed by atoms with van der Waals surface area (Å²) in [5, 5.41) is 0. The normalized spacial score (nSPS) is 11.2. The largest absolute Gasteiger partial charge is 0.378 e. The minimum absolute atomic E-state index is 0.110. The van der Waals surface area contributed by atoms with Crippen LogP contribution in [0, 0.1) is 5.82 Å². The van der Waals surface area contributed by atoms with E-state index in [-0.39, 0.29) is 11.6 Å². The Morgan fingerprint density at radius 2 is 1.32 bits per heavy atom. The molecule has 2 rings (SSSR count). The van der Waals surface area contributed by atoms with Gasteiger partial charge in [0.15, 0.2) is 5.78 Å². The monoisotopic (exact) mass is 295 g/mol. The molecule has 0 heterocycles. The molecule has 0 bridgehead atoms. The second kappa shape index (κ2) is 7.36. The minimum atomic E-state index is -0.287. The standard InChI is InChI=1S/C19H18FNO/c1-21(2)18-11-5-16(6-12-18)8-14-19(22)13-7-15-3-9-17(20)10-4-15/h3-14H,1-2H3/b13-7+,14-8+. The van der Waals surface area contributed by atoms with E-state index < -0.39 is 0 Å². The molecule has 22 heavy (non-hydrogen) atoms. The Bertz CT molecular complexity index is 682. The summed E-state index contributed by atoms with van der Waals surface area (Å²) in [7, 11) is 3.96. The molecule has 112 valence electrons. The first kappa shape index (κ1) is 15.7. The molecule has 0 saturated carbocycles. The summed E-state index contributed by atoms with van der Waals surface area (Å²) in [4.78, 5) is 13.8. The minimum Gasteiger partial charge on any atom is -0.378 e. The van der Waals surface area contributed by atoms with Gasteiger partial charge in [-0.05, 0) is 47.5 Å². The highest BCUT2D eigenvalue weighted by molar-refractivity contribution is 6.04. The van der Waals surface area contributed by atoms with Crippen molar-refractivity contribution in [1.82, 2.24) is 0 Å². The first-order valence-electron chi connectivity index (χ1n) is 6.98. The molecule has 0 N–H and O–H groups in total. The van der Waals surface area contributed by atoms with Gasteiger partial charge >= 0.3 is 0 Å². The molecule has 0 unspecified atom stereocenters. The average molecular weight is 295 g/mol. The lowest BCUT2D eigenvalue weighted by atomic mass is 10.1. The van der Waals surface area contributed by atoms with Gasteiger partial charge in [0, 0.05) is 19.8 Å². The number of nitrogens with zero attached hydrogens (tertiary/aromatic N) is 1. The molecular weight excluding hydrogens is 277 g/mol. The Balaban J connectivity index is 1.97. The van der Waals surface area contributed by atoms with Crippen molar-refractivity contribution in [2.24, 2.45) is 0 Å². The van der Waals surface area contributed by atoms with Crippen molar-refractivity contribution in [3.8, 4) is 0 Å². The van der Waals surface area contributed by atoms with Crippen LogP contribution in [0.15, 0.2) is 60.7 Å². The zero-order chi connectivity index (χ0) is 15.9. The second-order valence-corrected chi connectivity index (χ2v) is 5.11. The van der Waals surface area contributed by atoms with E-state index in [0.717, 1.165) is 16.8 Å². The third kappa shape index (κ3) is 4.70. The Hall–Kier alpha value is -2.68. The van der Waals surface area contributed by atoms with E-state index in [4.69, 9.17) is 0 Å². The number of hydrogen-bond acceptors (Lipinski definition) is 2. The number of carbonyl (C=O) groups excluding carboxylic acids is 1. The average Bonchev–Trinajstić information content (AvgIpc) is 2.52. The van der Waals surface area contributed by atoms with Gasteiger partial charge in [0.2, 0.25) is 0 Å². The van der Waals surface area contributed by atoms with Crippen LogP contribution in [0.25, 0.3) is 12.2 Å². The third-order valence-corrected chi connectivity index (χ3v) is 3.16. The molecule has 0 aromatic heterocycles. The highest BCUT2D eigenvalue weighted by Gasteiger charge is 1.95. The van der Waals surface area contributed by atoms with Gasteiger partial charge in [-0.1, -0.05) is 36.4 Å². The van der Waals surface area contributed by atoms with Gasteiger partial charge in [0.05, 0.1) is 0 Å². The van der Waals surface area contributed by atoms with Gasteiger partial charge in [-0.25, -0.2) is 4.39 Å². The summed E-state index contributed by atoms with van der Waals surface area (Å²) in [5.74, 6) is -0.398. The van der Waals surface area contributed by atoms with Crippen molar-refractivity contribution in [3.05, 3.63) is 77.6 Å². The van der Waals surface area contributed by atoms with Crippen molar-refractivity contribution in [2.45, 2.75) is 0 Å². The summed E-state index contributed by atoms with van der Waals surface area (Å²) in [6.45, 7) is 0. The molecule has 0 fully saturated rings. The highest BCUT2D eigenvalue weighted by Crippen LogP contribution is 2.13. The van der Waals surface area contributed by atoms with Gasteiger partial charge in [-0.3, -0.25) is 4.79 Å². The highest BCUT2D eigenvalue weighted by atomic mass is 19.1. The van der Waals surface area contributed by atoms with E-state index >= 15 is 0 Å². The predicted octanol–water partition coefficient (Wildman–Crippen LogP) is 4.19. The number of ketones is 1. The molecule has 2 aromatic rings. The molecule has 2 nitrogen and oxygen atoms in total. The molecule has 0 atom stereocenters. The van der Waals surface area contributed by atoms with Gasteiger partial charge in [0.1, 0.15) is 5.82 Å². The second-order valence-electron chi connectivity index (χ2n) is 5.11. The van der Waals surface area contributed by atoms with E-state index in [2.05, 4.69) is 0 Å². The van der Waals surface area contributed by atoms with Crippen LogP contribution in [-0.4, -0.2) is 19.9 Å². The van der Waals surface area contributed by atoms with E-state index in [1.807, 2.05) is 43.3 Å². The van der Waals surface area contributed by atoms with Crippen molar-refractivity contribution < 1.29 is 9.18 Å². The number of halogens is 1. The number of carbonyl (C=O) groups is 1. The topological polar surface area (TPSA) is 20.3 Å². The van der Waals surface area contributed by atoms with Gasteiger partial charge < -0.3 is 4.90 Å². The number of hydrogen-bond donors (Lipinski definition) is 0. The van der Waals surface area contributed by atoms with Crippen molar-refractivity contribution in [2.75, 3.05) is 19.0 Å². The Morgan fingerprint density at radius 3 is 1.77 bits per heavy atom. The van der Waals surface area contributed by atoms with Crippen LogP contribution in [-0.2, 0) is 4.79 Å². The van der Waals surface area contributed by atoms with Crippen molar-refractivity contribution in [1.29, 1.82) is 0 Å². The summed E-state index contributed by atoms with van der Waals surface area (Å²) in [6.07, 6.45) is 6.43. The molecule has 0 radical (unpaired) electrons. The Kier molecular flexibility index (Phi) is 5.26. The summed E-state index contributed by atoms with van der Waals surface area (Å²) < 4.78 is 12.8. The molecule has 0 aliphatic rings. The summed E-state index contributed by atoms with van der Waals surface area (Å²) >= 11 is 0. The quantitative estimate of drug-likeness (QED) is 0.771. The Morgan fingerprint density at radius 1 is 0.864 bits per heavy atom. The maximum atomic E-state index is 12.8. The van der Waals surface area contributed by atoms with Crippen LogP contribution in [0.3, 0.4) is 0 Å². The van der Waals surface area contributed by atoms with Crippen LogP contribution in [0.5, 0.6) is 0 Å². The molecule has 0 saturated heterocycles. The Labute approximate surface area is 130 Å². The van der Waals surface area contributed by atoms with E-state index in [1.54, 1.807) is 24.3 Å². The SMILES string of the molecule is CN(C)c1ccc(/C=C/C(=O)/C=C/c2ccc(F)cc2)cc1. The fraction of sp³-hybridized carbons (Fsp3) is 0.105. The maximum absolute atomic E-state index is 12.8. The lowest BCUT2D eigenvalue weighted by Crippen LogP contribution is -2.07. The molecule has 2 aromatic carbocycles. The van der Waals surface area contributed by atoms with Gasteiger partial charge in [-0.15, -0.1) is 0 Å². The van der Waals surface area contributed by atoms with Crippen LogP contribution in [0.2, 0.25) is 0 Å². The molecule has 0 aliphatic heterocycles. The first-order valence-corrected chi connectivity index (χ1v) is 6.98. The molecule has 0 aliphatic carbocycles. The van der Waals surface area contributed by atoms with Crippen molar-refractivity contribution >= 4 is 23.6 Å². The number of rotatable bonds is 5. The fourth-order valence-electron chi connectivity index (χ4n) is 1.87. The summed E-state index contributed by atoms with van der Waals surface area (Å²) in [6, 6.07) is 13.9. The van der Waals surface area contributed by atoms with Crippen LogP contribution < -0.4 is 4.90 Å². The maximum Gasteiger partial charge on any atom is 0.178 e. The number of allylic oxidation sites excluding steroid dienone is 2. The van der Waals surface area contributed by atoms with Crippen LogP contribution >= 0.6 is 0 Å². The summed E-state index contributed by atoms with van der Waals surface area (Å²) in [5.41, 5.74) is 2.87. The van der Waals surface area contributed by atoms with E-state index in [1.165, 1.54) is 24.3 Å². The third-order valence-electron chi connectivity index (χ3n) is 3.16. The lowest BCUT2D eigenvalue weighted by Gasteiger charge is -2.11. The first-order chi connectivity index (χ1) is 10.5. The zero-order valence-electron chi connectivity index (χ0n) is 12.7. The molecule has 0 amide bonds. The molecule has 3 heteroatoms. The van der Waals surface area contributed by atoms with E-state index in [9.17, 15) is 9.18 Å². The van der Waals surface area contributed by atoms with Gasteiger partial charge in [-0.2, -0.15) is 0 Å². The molecule has 0 spiro atoms. The number of anilines is 1. The lowest BCUT2D eigenvalue weighted by molar-refractivity contribution is -0.110. The van der Waals surface area contributed by atoms with Crippen molar-refractivity contribution in [3.63, 3.8) is 0 Å². The predicted molar refractivity (Wildman–Crippen MR) is 90.2 cm³/mol. The van der Waals surface area contributed by atoms with Gasteiger partial charge in [0.25, 0.3) is 0 Å². The van der Waals surface area contributed by atoms with E-state index in [0.29, 0.717) is 0 Å². The van der Waals surface area contributed by atoms with Crippen LogP contribution in [0.4, 0.5) is 10.1 Å². The fourth-order valence-corrected chi connectivity index (χ4v) is 1.87. The zero-order valence-corrected chi connectivity index (χ0v) is 12.7. The molecular formula is C19H18FNO. The number of benzene rings is 2. The smallest absolute Gasteiger partial charge is 0.178 e. The van der Waals surface area contributed by atoms with Crippen LogP contribution in [0.1, 0.15) is 11.1 Å².